The number of pyridine rings is 1. The zero-order valence-electron chi connectivity index (χ0n) is 17.8. The number of nitrogens with zero attached hydrogens (tertiary/aromatic N) is 4. The molecular weight excluding hydrogens is 417 g/mol. The molecule has 2 N–H and O–H groups in total. The summed E-state index contributed by atoms with van der Waals surface area (Å²) in [5, 5.41) is 12.3. The molecule has 10 heteroatoms. The zero-order valence-corrected chi connectivity index (χ0v) is 17.8. The highest BCUT2D eigenvalue weighted by Gasteiger charge is 2.37. The number of amides is 1. The van der Waals surface area contributed by atoms with E-state index in [1.807, 2.05) is 6.07 Å². The summed E-state index contributed by atoms with van der Waals surface area (Å²) in [6.07, 6.45) is 2.74. The molecule has 1 aliphatic heterocycles. The van der Waals surface area contributed by atoms with Crippen LogP contribution in [0.1, 0.15) is 12.8 Å². The molecule has 1 aromatic carbocycles. The van der Waals surface area contributed by atoms with Gasteiger partial charge in [0.15, 0.2) is 17.3 Å². The number of hydrogen-bond acceptors (Lipinski definition) is 7. The number of methoxy groups -OCH3 is 2. The van der Waals surface area contributed by atoms with Crippen LogP contribution in [0.4, 0.5) is 15.0 Å². The number of carboxylic acid groups (broad SMARTS) is 1. The minimum Gasteiger partial charge on any atom is -0.493 e. The van der Waals surface area contributed by atoms with Crippen LogP contribution in [0.5, 0.6) is 11.5 Å². The van der Waals surface area contributed by atoms with Crippen LogP contribution >= 0.6 is 0 Å². The fourth-order valence-electron chi connectivity index (χ4n) is 3.88. The Labute approximate surface area is 184 Å². The van der Waals surface area contributed by atoms with Gasteiger partial charge in [0.25, 0.3) is 0 Å². The molecule has 1 amide bonds. The van der Waals surface area contributed by atoms with E-state index >= 15 is 4.39 Å². The van der Waals surface area contributed by atoms with Crippen molar-refractivity contribution in [2.75, 3.05) is 39.2 Å². The van der Waals surface area contributed by atoms with Crippen molar-refractivity contribution >= 4 is 22.9 Å². The number of anilines is 1. The Balaban J connectivity index is 1.67. The Morgan fingerprint density at radius 2 is 2.00 bits per heavy atom. The Morgan fingerprint density at radius 1 is 1.22 bits per heavy atom. The van der Waals surface area contributed by atoms with Gasteiger partial charge in [-0.25, -0.2) is 19.2 Å². The molecule has 9 nitrogen and oxygen atoms in total. The van der Waals surface area contributed by atoms with Crippen LogP contribution in [-0.2, 0) is 0 Å². The highest BCUT2D eigenvalue weighted by molar-refractivity contribution is 5.88. The first-order valence-electron chi connectivity index (χ1n) is 10.2. The highest BCUT2D eigenvalue weighted by Crippen LogP contribution is 2.34. The lowest BCUT2D eigenvalue weighted by Crippen LogP contribution is -2.50. The fourth-order valence-corrected chi connectivity index (χ4v) is 3.88. The van der Waals surface area contributed by atoms with E-state index in [0.29, 0.717) is 47.0 Å². The summed E-state index contributed by atoms with van der Waals surface area (Å²) in [6.45, 7) is 0.0571. The van der Waals surface area contributed by atoms with E-state index in [2.05, 4.69) is 20.3 Å². The van der Waals surface area contributed by atoms with Crippen molar-refractivity contribution < 1.29 is 23.8 Å². The van der Waals surface area contributed by atoms with Gasteiger partial charge in [-0.05, 0) is 37.1 Å². The predicted octanol–water partition coefficient (Wildman–Crippen LogP) is 3.60. The average Bonchev–Trinajstić information content (AvgIpc) is 2.82. The summed E-state index contributed by atoms with van der Waals surface area (Å²) in [6, 6.07) is 7.23. The van der Waals surface area contributed by atoms with Gasteiger partial charge < -0.3 is 24.8 Å². The van der Waals surface area contributed by atoms with Crippen LogP contribution < -0.4 is 14.8 Å². The summed E-state index contributed by atoms with van der Waals surface area (Å²) >= 11 is 0. The molecule has 1 atom stereocenters. The molecular formula is C22H24FN5O4. The lowest BCUT2D eigenvalue weighted by atomic mass is 9.95. The predicted molar refractivity (Wildman–Crippen MR) is 117 cm³/mol. The van der Waals surface area contributed by atoms with E-state index in [4.69, 9.17) is 9.47 Å². The van der Waals surface area contributed by atoms with Crippen molar-refractivity contribution in [2.45, 2.75) is 18.5 Å². The van der Waals surface area contributed by atoms with Crippen molar-refractivity contribution in [1.29, 1.82) is 0 Å². The van der Waals surface area contributed by atoms with Gasteiger partial charge in [-0.1, -0.05) is 0 Å². The van der Waals surface area contributed by atoms with E-state index in [9.17, 15) is 9.90 Å². The number of ether oxygens (including phenoxy) is 2. The van der Waals surface area contributed by atoms with Gasteiger partial charge in [0.1, 0.15) is 11.2 Å². The molecule has 0 unspecified atom stereocenters. The molecule has 2 aromatic heterocycles. The normalized spacial score (nSPS) is 18.4. The Hall–Kier alpha value is -3.69. The maximum Gasteiger partial charge on any atom is 0.407 e. The number of rotatable bonds is 6. The first-order chi connectivity index (χ1) is 15.4. The van der Waals surface area contributed by atoms with Gasteiger partial charge in [0, 0.05) is 24.5 Å². The first kappa shape index (κ1) is 21.5. The Kier molecular flexibility index (Phi) is 5.93. The summed E-state index contributed by atoms with van der Waals surface area (Å²) in [5.74, 6) is 1.53. The molecule has 4 rings (SSSR count). The molecule has 0 radical (unpaired) electrons. The maximum atomic E-state index is 15.4. The number of benzene rings is 1. The van der Waals surface area contributed by atoms with E-state index in [1.54, 1.807) is 44.8 Å². The average molecular weight is 441 g/mol. The largest absolute Gasteiger partial charge is 0.493 e. The number of nitrogens with one attached hydrogen (secondary N) is 1. The molecule has 1 saturated heterocycles. The Morgan fingerprint density at radius 3 is 2.75 bits per heavy atom. The van der Waals surface area contributed by atoms with Crippen molar-refractivity contribution in [1.82, 2.24) is 19.9 Å². The van der Waals surface area contributed by atoms with E-state index in [-0.39, 0.29) is 19.5 Å². The van der Waals surface area contributed by atoms with Crippen LogP contribution in [-0.4, -0.2) is 70.6 Å². The van der Waals surface area contributed by atoms with Crippen LogP contribution in [0.3, 0.4) is 0 Å². The second kappa shape index (κ2) is 8.81. The topological polar surface area (TPSA) is 110 Å². The quantitative estimate of drug-likeness (QED) is 0.597. The second-order valence-electron chi connectivity index (χ2n) is 7.66. The monoisotopic (exact) mass is 441 g/mol. The van der Waals surface area contributed by atoms with E-state index in [1.165, 1.54) is 0 Å². The minimum atomic E-state index is -1.70. The van der Waals surface area contributed by atoms with Crippen molar-refractivity contribution in [3.05, 3.63) is 36.7 Å². The molecule has 32 heavy (non-hydrogen) atoms. The second-order valence-corrected chi connectivity index (χ2v) is 7.66. The number of alkyl halides is 1. The van der Waals surface area contributed by atoms with Crippen LogP contribution in [0, 0.1) is 0 Å². The van der Waals surface area contributed by atoms with Crippen LogP contribution in [0.25, 0.3) is 22.3 Å². The van der Waals surface area contributed by atoms with Gasteiger partial charge in [0.2, 0.25) is 0 Å². The van der Waals surface area contributed by atoms with Crippen molar-refractivity contribution in [3.63, 3.8) is 0 Å². The number of aromatic nitrogens is 3. The minimum absolute atomic E-state index is 0.0924. The number of piperidine rings is 1. The van der Waals surface area contributed by atoms with Gasteiger partial charge in [-0.2, -0.15) is 0 Å². The number of carbonyl (C=O) groups is 1. The number of likely N-dealkylation sites (tertiary alicyclic amines) is 1. The molecule has 3 aromatic rings. The Bertz CT molecular complexity index is 1140. The summed E-state index contributed by atoms with van der Waals surface area (Å²) in [4.78, 5) is 25.8. The lowest BCUT2D eigenvalue weighted by molar-refractivity contribution is 0.0537. The standard InChI is InChI=1S/C22H24FN5O4/c1-31-17-5-4-14(10-18(17)32-2)15-11-16-19(25-8-7-24-16)20(27-15)26-12-22(23)6-3-9-28(13-22)21(29)30/h4-5,7-8,10-11H,3,6,9,12-13H2,1-2H3,(H,26,27)(H,29,30)/t22-/m1/s1. The van der Waals surface area contributed by atoms with Gasteiger partial charge in [0.05, 0.1) is 38.5 Å². The van der Waals surface area contributed by atoms with Crippen molar-refractivity contribution in [2.24, 2.45) is 0 Å². The summed E-state index contributed by atoms with van der Waals surface area (Å²) in [7, 11) is 3.12. The molecule has 168 valence electrons. The van der Waals surface area contributed by atoms with E-state index in [0.717, 1.165) is 10.5 Å². The third-order valence-electron chi connectivity index (χ3n) is 5.51. The fraction of sp³-hybridized carbons (Fsp3) is 0.364. The van der Waals surface area contributed by atoms with Gasteiger partial charge in [-0.3, -0.25) is 4.98 Å². The third-order valence-corrected chi connectivity index (χ3v) is 5.51. The SMILES string of the molecule is COc1ccc(-c2cc3nccnc3c(NC[C@]3(F)CCCN(C(=O)O)C3)n2)cc1OC. The summed E-state index contributed by atoms with van der Waals surface area (Å²) in [5.41, 5.74) is 0.768. The van der Waals surface area contributed by atoms with Gasteiger partial charge in [-0.15, -0.1) is 0 Å². The lowest BCUT2D eigenvalue weighted by Gasteiger charge is -2.36. The van der Waals surface area contributed by atoms with Crippen LogP contribution in [0.2, 0.25) is 0 Å². The molecule has 3 heterocycles. The summed E-state index contributed by atoms with van der Waals surface area (Å²) < 4.78 is 26.1. The first-order valence-corrected chi connectivity index (χ1v) is 10.2. The number of fused-ring (bicyclic) bond motifs is 1. The molecule has 1 aliphatic rings. The third kappa shape index (κ3) is 4.34. The molecule has 0 aliphatic carbocycles. The molecule has 0 bridgehead atoms. The molecule has 0 spiro atoms. The zero-order chi connectivity index (χ0) is 22.7. The smallest absolute Gasteiger partial charge is 0.407 e. The van der Waals surface area contributed by atoms with Gasteiger partial charge >= 0.3 is 6.09 Å². The maximum absolute atomic E-state index is 15.4. The van der Waals surface area contributed by atoms with Crippen LogP contribution in [0.15, 0.2) is 36.7 Å². The van der Waals surface area contributed by atoms with E-state index < -0.39 is 11.8 Å². The number of hydrogen-bond donors (Lipinski definition) is 2. The molecule has 1 fully saturated rings. The molecule has 0 saturated carbocycles. The number of halogens is 1. The van der Waals surface area contributed by atoms with Crippen molar-refractivity contribution in [3.8, 4) is 22.8 Å². The highest BCUT2D eigenvalue weighted by atomic mass is 19.1.